The van der Waals surface area contributed by atoms with Crippen LogP contribution >= 0.6 is 0 Å². The quantitative estimate of drug-likeness (QED) is 0.591. The summed E-state index contributed by atoms with van der Waals surface area (Å²) in [6.45, 7) is 2.21. The van der Waals surface area contributed by atoms with E-state index in [4.69, 9.17) is 14.9 Å². The van der Waals surface area contributed by atoms with Crippen molar-refractivity contribution >= 4 is 16.7 Å². The first-order chi connectivity index (χ1) is 10.1. The lowest BCUT2D eigenvalue weighted by molar-refractivity contribution is 0.308. The first-order valence-corrected chi connectivity index (χ1v) is 6.64. The maximum atomic E-state index is 11.6. The third-order valence-corrected chi connectivity index (χ3v) is 3.29. The van der Waals surface area contributed by atoms with Gasteiger partial charge in [0, 0.05) is 17.0 Å². The van der Waals surface area contributed by atoms with E-state index in [1.165, 1.54) is 6.07 Å². The third-order valence-electron chi connectivity index (χ3n) is 3.29. The molecule has 0 unspecified atom stereocenters. The van der Waals surface area contributed by atoms with Crippen molar-refractivity contribution < 1.29 is 9.15 Å². The van der Waals surface area contributed by atoms with Crippen molar-refractivity contribution in [3.63, 3.8) is 0 Å². The average Bonchev–Trinajstić information content (AvgIpc) is 2.45. The Balaban J connectivity index is 1.97. The molecule has 4 heteroatoms. The van der Waals surface area contributed by atoms with E-state index in [0.29, 0.717) is 17.0 Å². The fraction of sp³-hybridized carbons (Fsp3) is 0.118. The first-order valence-electron chi connectivity index (χ1n) is 6.64. The Hall–Kier alpha value is -2.75. The molecule has 3 aromatic rings. The van der Waals surface area contributed by atoms with E-state index in [-0.39, 0.29) is 12.2 Å². The van der Waals surface area contributed by atoms with Gasteiger partial charge < -0.3 is 14.9 Å². The average molecular weight is 281 g/mol. The van der Waals surface area contributed by atoms with E-state index in [2.05, 4.69) is 0 Å². The SMILES string of the molecule is Cc1ccc2c(COc3ccccc3N)cc(=O)oc2c1. The van der Waals surface area contributed by atoms with E-state index in [1.807, 2.05) is 37.3 Å². The second-order valence-electron chi connectivity index (χ2n) is 4.92. The van der Waals surface area contributed by atoms with Gasteiger partial charge in [-0.15, -0.1) is 0 Å². The highest BCUT2D eigenvalue weighted by atomic mass is 16.5. The zero-order valence-corrected chi connectivity index (χ0v) is 11.6. The minimum Gasteiger partial charge on any atom is -0.487 e. The molecule has 0 saturated heterocycles. The number of nitrogen functional groups attached to an aromatic ring is 1. The van der Waals surface area contributed by atoms with Crippen LogP contribution in [0.5, 0.6) is 5.75 Å². The number of anilines is 1. The van der Waals surface area contributed by atoms with Crippen molar-refractivity contribution in [2.45, 2.75) is 13.5 Å². The Kier molecular flexibility index (Phi) is 3.36. The Bertz CT molecular complexity index is 852. The summed E-state index contributed by atoms with van der Waals surface area (Å²) >= 11 is 0. The van der Waals surface area contributed by atoms with Gasteiger partial charge in [0.15, 0.2) is 0 Å². The lowest BCUT2D eigenvalue weighted by Gasteiger charge is -2.10. The number of para-hydroxylation sites is 2. The molecule has 21 heavy (non-hydrogen) atoms. The molecular weight excluding hydrogens is 266 g/mol. The summed E-state index contributed by atoms with van der Waals surface area (Å²) in [4.78, 5) is 11.6. The van der Waals surface area contributed by atoms with Crippen molar-refractivity contribution in [2.75, 3.05) is 5.73 Å². The predicted octanol–water partition coefficient (Wildman–Crippen LogP) is 3.26. The highest BCUT2D eigenvalue weighted by Gasteiger charge is 2.07. The fourth-order valence-electron chi connectivity index (χ4n) is 2.22. The molecule has 0 atom stereocenters. The molecule has 0 radical (unpaired) electrons. The maximum Gasteiger partial charge on any atom is 0.336 e. The molecule has 0 aliphatic carbocycles. The number of hydrogen-bond donors (Lipinski definition) is 1. The number of fused-ring (bicyclic) bond motifs is 1. The fourth-order valence-corrected chi connectivity index (χ4v) is 2.22. The minimum absolute atomic E-state index is 0.263. The highest BCUT2D eigenvalue weighted by molar-refractivity contribution is 5.80. The van der Waals surface area contributed by atoms with Crippen LogP contribution in [0.2, 0.25) is 0 Å². The topological polar surface area (TPSA) is 65.5 Å². The molecule has 0 spiro atoms. The van der Waals surface area contributed by atoms with Gasteiger partial charge in [-0.05, 0) is 30.7 Å². The van der Waals surface area contributed by atoms with Crippen LogP contribution in [-0.2, 0) is 6.61 Å². The molecule has 3 rings (SSSR count). The molecule has 0 aliphatic rings. The molecule has 0 saturated carbocycles. The Morgan fingerprint density at radius 2 is 1.95 bits per heavy atom. The van der Waals surface area contributed by atoms with E-state index in [1.54, 1.807) is 12.1 Å². The minimum atomic E-state index is -0.382. The molecule has 2 aromatic carbocycles. The van der Waals surface area contributed by atoms with Gasteiger partial charge in [-0.3, -0.25) is 0 Å². The molecule has 0 bridgehead atoms. The van der Waals surface area contributed by atoms with E-state index >= 15 is 0 Å². The highest BCUT2D eigenvalue weighted by Crippen LogP contribution is 2.23. The van der Waals surface area contributed by atoms with Crippen LogP contribution in [0.15, 0.2) is 57.7 Å². The molecule has 0 fully saturated rings. The zero-order valence-electron chi connectivity index (χ0n) is 11.6. The van der Waals surface area contributed by atoms with Gasteiger partial charge >= 0.3 is 5.63 Å². The lowest BCUT2D eigenvalue weighted by Crippen LogP contribution is -2.05. The number of hydrogen-bond acceptors (Lipinski definition) is 4. The normalized spacial score (nSPS) is 10.7. The Morgan fingerprint density at radius 1 is 1.14 bits per heavy atom. The van der Waals surface area contributed by atoms with Gasteiger partial charge in [0.25, 0.3) is 0 Å². The number of rotatable bonds is 3. The molecular formula is C17H15NO3. The van der Waals surface area contributed by atoms with Crippen molar-refractivity contribution in [1.82, 2.24) is 0 Å². The molecule has 4 nitrogen and oxygen atoms in total. The van der Waals surface area contributed by atoms with Gasteiger partial charge in [0.05, 0.1) is 5.69 Å². The van der Waals surface area contributed by atoms with E-state index in [0.717, 1.165) is 16.5 Å². The number of nitrogens with two attached hydrogens (primary N) is 1. The van der Waals surface area contributed by atoms with Crippen molar-refractivity contribution in [3.05, 3.63) is 70.1 Å². The van der Waals surface area contributed by atoms with E-state index < -0.39 is 0 Å². The second kappa shape index (κ2) is 5.32. The maximum absolute atomic E-state index is 11.6. The smallest absolute Gasteiger partial charge is 0.336 e. The summed E-state index contributed by atoms with van der Waals surface area (Å²) in [6.07, 6.45) is 0. The van der Waals surface area contributed by atoms with Gasteiger partial charge in [-0.25, -0.2) is 4.79 Å². The van der Waals surface area contributed by atoms with Crippen LogP contribution < -0.4 is 16.1 Å². The summed E-state index contributed by atoms with van der Waals surface area (Å²) in [5, 5.41) is 0.870. The zero-order chi connectivity index (χ0) is 14.8. The Labute approximate surface area is 121 Å². The van der Waals surface area contributed by atoms with Gasteiger partial charge in [-0.2, -0.15) is 0 Å². The largest absolute Gasteiger partial charge is 0.487 e. The Morgan fingerprint density at radius 3 is 2.76 bits per heavy atom. The summed E-state index contributed by atoms with van der Waals surface area (Å²) in [5.74, 6) is 0.603. The molecule has 2 N–H and O–H groups in total. The summed E-state index contributed by atoms with van der Waals surface area (Å²) in [7, 11) is 0. The third kappa shape index (κ3) is 2.74. The van der Waals surface area contributed by atoms with Crippen molar-refractivity contribution in [3.8, 4) is 5.75 Å². The standard InChI is InChI=1S/C17H15NO3/c1-11-6-7-13-12(9-17(19)21-16(13)8-11)10-20-15-5-3-2-4-14(15)18/h2-9H,10,18H2,1H3. The predicted molar refractivity (Wildman–Crippen MR) is 82.4 cm³/mol. The van der Waals surface area contributed by atoms with Crippen LogP contribution in [0, 0.1) is 6.92 Å². The summed E-state index contributed by atoms with van der Waals surface area (Å²) in [6, 6.07) is 14.5. The van der Waals surface area contributed by atoms with Crippen molar-refractivity contribution in [1.29, 1.82) is 0 Å². The van der Waals surface area contributed by atoms with Crippen LogP contribution in [0.3, 0.4) is 0 Å². The monoisotopic (exact) mass is 281 g/mol. The van der Waals surface area contributed by atoms with Gasteiger partial charge in [0.1, 0.15) is 17.9 Å². The van der Waals surface area contributed by atoms with Gasteiger partial charge in [0.2, 0.25) is 0 Å². The molecule has 0 aliphatic heterocycles. The number of benzene rings is 2. The second-order valence-corrected chi connectivity index (χ2v) is 4.92. The molecule has 1 aromatic heterocycles. The van der Waals surface area contributed by atoms with Gasteiger partial charge in [-0.1, -0.05) is 24.3 Å². The van der Waals surface area contributed by atoms with Crippen molar-refractivity contribution in [2.24, 2.45) is 0 Å². The molecule has 1 heterocycles. The van der Waals surface area contributed by atoms with Crippen LogP contribution in [0.25, 0.3) is 11.0 Å². The lowest BCUT2D eigenvalue weighted by atomic mass is 10.1. The summed E-state index contributed by atoms with van der Waals surface area (Å²) in [5.41, 5.74) is 8.42. The van der Waals surface area contributed by atoms with E-state index in [9.17, 15) is 4.79 Å². The number of ether oxygens (including phenoxy) is 1. The molecule has 106 valence electrons. The first kappa shape index (κ1) is 13.2. The summed E-state index contributed by atoms with van der Waals surface area (Å²) < 4.78 is 10.9. The van der Waals surface area contributed by atoms with Crippen LogP contribution in [0.4, 0.5) is 5.69 Å². The van der Waals surface area contributed by atoms with Crippen LogP contribution in [0.1, 0.15) is 11.1 Å². The molecule has 0 amide bonds. The van der Waals surface area contributed by atoms with Crippen LogP contribution in [-0.4, -0.2) is 0 Å². The number of aryl methyl sites for hydroxylation is 1.